The van der Waals surface area contributed by atoms with Gasteiger partial charge in [0.1, 0.15) is 6.04 Å². The van der Waals surface area contributed by atoms with Crippen molar-refractivity contribution < 1.29 is 9.59 Å². The third kappa shape index (κ3) is 1.19. The van der Waals surface area contributed by atoms with Crippen LogP contribution in [0.3, 0.4) is 0 Å². The van der Waals surface area contributed by atoms with Gasteiger partial charge in [-0.2, -0.15) is 0 Å². The molecule has 0 saturated carbocycles. The lowest BCUT2D eigenvalue weighted by Gasteiger charge is -1.97. The van der Waals surface area contributed by atoms with Gasteiger partial charge >= 0.3 is 6.03 Å². The first-order valence-corrected chi connectivity index (χ1v) is 2.62. The number of ketones is 1. The van der Waals surface area contributed by atoms with Gasteiger partial charge in [0.25, 0.3) is 0 Å². The van der Waals surface area contributed by atoms with E-state index < -0.39 is 0 Å². The Hall–Kier alpha value is -1.06. The summed E-state index contributed by atoms with van der Waals surface area (Å²) >= 11 is 0. The van der Waals surface area contributed by atoms with Crippen LogP contribution >= 0.6 is 0 Å². The Kier molecular flexibility index (Phi) is 1.38. The van der Waals surface area contributed by atoms with E-state index in [4.69, 9.17) is 0 Å². The summed E-state index contributed by atoms with van der Waals surface area (Å²) in [6.07, 6.45) is 0. The van der Waals surface area contributed by atoms with Crippen molar-refractivity contribution in [2.45, 2.75) is 6.92 Å². The normalized spacial score (nSPS) is 19.0. The van der Waals surface area contributed by atoms with Crippen LogP contribution in [0, 0.1) is 6.04 Å². The molecule has 1 rings (SSSR count). The van der Waals surface area contributed by atoms with Gasteiger partial charge in [0.05, 0.1) is 6.54 Å². The molecule has 9 heavy (non-hydrogen) atoms. The third-order valence-electron chi connectivity index (χ3n) is 1.12. The van der Waals surface area contributed by atoms with Crippen LogP contribution in [0.2, 0.25) is 0 Å². The number of nitrogens with one attached hydrogen (secondary N) is 2. The molecule has 49 valence electrons. The van der Waals surface area contributed by atoms with E-state index in [1.165, 1.54) is 6.92 Å². The Labute approximate surface area is 52.6 Å². The second-order valence-electron chi connectivity index (χ2n) is 1.84. The molecule has 1 saturated heterocycles. The highest BCUT2D eigenvalue weighted by Crippen LogP contribution is 1.99. The van der Waals surface area contributed by atoms with Crippen LogP contribution in [0.5, 0.6) is 0 Å². The van der Waals surface area contributed by atoms with Gasteiger partial charge in [-0.25, -0.2) is 4.79 Å². The predicted molar refractivity (Wildman–Crippen MR) is 30.5 cm³/mol. The first-order chi connectivity index (χ1) is 4.20. The van der Waals surface area contributed by atoms with Crippen molar-refractivity contribution in [3.05, 3.63) is 6.04 Å². The van der Waals surface area contributed by atoms with E-state index in [0.29, 0.717) is 12.6 Å². The van der Waals surface area contributed by atoms with Gasteiger partial charge < -0.3 is 10.6 Å². The molecule has 2 N–H and O–H groups in total. The average Bonchev–Trinajstić information content (AvgIpc) is 2.14. The second-order valence-corrected chi connectivity index (χ2v) is 1.84. The largest absolute Gasteiger partial charge is 0.335 e. The SMILES string of the molecule is CC(=O)[C]1CNC(=O)N1. The van der Waals surface area contributed by atoms with E-state index in [2.05, 4.69) is 10.6 Å². The van der Waals surface area contributed by atoms with Gasteiger partial charge in [-0.15, -0.1) is 0 Å². The van der Waals surface area contributed by atoms with Crippen molar-refractivity contribution in [3.8, 4) is 0 Å². The maximum absolute atomic E-state index is 10.5. The lowest BCUT2D eigenvalue weighted by molar-refractivity contribution is -0.115. The van der Waals surface area contributed by atoms with Gasteiger partial charge in [0, 0.05) is 0 Å². The summed E-state index contributed by atoms with van der Waals surface area (Å²) in [6.45, 7) is 1.76. The number of carbonyl (C=O) groups excluding carboxylic acids is 2. The van der Waals surface area contributed by atoms with E-state index in [1.54, 1.807) is 0 Å². The molecular weight excluding hydrogens is 120 g/mol. The highest BCUT2D eigenvalue weighted by molar-refractivity contribution is 5.97. The molecule has 4 heteroatoms. The van der Waals surface area contributed by atoms with Crippen molar-refractivity contribution in [1.29, 1.82) is 0 Å². The Bertz CT molecular complexity index is 155. The Morgan fingerprint density at radius 3 is 2.56 bits per heavy atom. The van der Waals surface area contributed by atoms with Crippen molar-refractivity contribution in [1.82, 2.24) is 10.6 Å². The Morgan fingerprint density at radius 2 is 2.33 bits per heavy atom. The van der Waals surface area contributed by atoms with Crippen molar-refractivity contribution in [2.24, 2.45) is 0 Å². The summed E-state index contributed by atoms with van der Waals surface area (Å²) in [6, 6.07) is 0.153. The molecule has 1 radical (unpaired) electrons. The molecule has 0 aliphatic carbocycles. The third-order valence-corrected chi connectivity index (χ3v) is 1.12. The fourth-order valence-corrected chi connectivity index (χ4v) is 0.607. The minimum absolute atomic E-state index is 0.0895. The quantitative estimate of drug-likeness (QED) is 0.495. The average molecular weight is 127 g/mol. The zero-order valence-corrected chi connectivity index (χ0v) is 5.02. The minimum atomic E-state index is -0.291. The van der Waals surface area contributed by atoms with Crippen LogP contribution in [0.25, 0.3) is 0 Å². The molecule has 2 amide bonds. The maximum atomic E-state index is 10.5. The van der Waals surface area contributed by atoms with E-state index in [9.17, 15) is 9.59 Å². The van der Waals surface area contributed by atoms with Crippen molar-refractivity contribution >= 4 is 11.8 Å². The van der Waals surface area contributed by atoms with E-state index >= 15 is 0 Å². The number of urea groups is 1. The second kappa shape index (κ2) is 2.05. The molecule has 0 bridgehead atoms. The summed E-state index contributed by atoms with van der Waals surface area (Å²) in [5.41, 5.74) is 0. The fourth-order valence-electron chi connectivity index (χ4n) is 0.607. The molecule has 1 aliphatic heterocycles. The molecule has 1 heterocycles. The molecular formula is C5H7N2O2. The summed E-state index contributed by atoms with van der Waals surface area (Å²) in [4.78, 5) is 20.9. The summed E-state index contributed by atoms with van der Waals surface area (Å²) < 4.78 is 0. The summed E-state index contributed by atoms with van der Waals surface area (Å²) in [5.74, 6) is -0.0895. The molecule has 0 unspecified atom stereocenters. The van der Waals surface area contributed by atoms with Crippen LogP contribution in [-0.2, 0) is 4.79 Å². The van der Waals surface area contributed by atoms with Gasteiger partial charge in [-0.05, 0) is 6.92 Å². The minimum Gasteiger partial charge on any atom is -0.335 e. The van der Waals surface area contributed by atoms with Crippen LogP contribution in [-0.4, -0.2) is 18.4 Å². The fraction of sp³-hybridized carbons (Fsp3) is 0.400. The number of Topliss-reactive ketones (excluding diaryl/α,β-unsaturated/α-hetero) is 1. The number of amides is 2. The molecule has 1 fully saturated rings. The predicted octanol–water partition coefficient (Wildman–Crippen LogP) is -0.580. The summed E-state index contributed by atoms with van der Waals surface area (Å²) in [5, 5.41) is 4.81. The van der Waals surface area contributed by atoms with Crippen molar-refractivity contribution in [2.75, 3.05) is 6.54 Å². The maximum Gasteiger partial charge on any atom is 0.315 e. The lowest BCUT2D eigenvalue weighted by Crippen LogP contribution is -2.24. The molecule has 4 nitrogen and oxygen atoms in total. The molecule has 0 aromatic carbocycles. The number of rotatable bonds is 1. The molecule has 0 spiro atoms. The van der Waals surface area contributed by atoms with Crippen LogP contribution in [0.4, 0.5) is 4.79 Å². The number of hydrogen-bond donors (Lipinski definition) is 2. The molecule has 0 aromatic heterocycles. The van der Waals surface area contributed by atoms with E-state index in [1.807, 2.05) is 0 Å². The molecule has 0 atom stereocenters. The Balaban J connectivity index is 2.48. The zero-order valence-electron chi connectivity index (χ0n) is 5.02. The topological polar surface area (TPSA) is 58.2 Å². The van der Waals surface area contributed by atoms with E-state index in [0.717, 1.165) is 0 Å². The zero-order chi connectivity index (χ0) is 6.85. The molecule has 0 aromatic rings. The number of carbonyl (C=O) groups is 2. The standard InChI is InChI=1S/C5H7N2O2/c1-3(8)4-2-6-5(9)7-4/h2H2,1H3,(H2,6,7,9). The molecule has 1 aliphatic rings. The highest BCUT2D eigenvalue weighted by atomic mass is 16.2. The van der Waals surface area contributed by atoms with Crippen LogP contribution in [0.1, 0.15) is 6.92 Å². The highest BCUT2D eigenvalue weighted by Gasteiger charge is 2.24. The Morgan fingerprint density at radius 1 is 1.67 bits per heavy atom. The first kappa shape index (κ1) is 6.07. The van der Waals surface area contributed by atoms with Gasteiger partial charge in [-0.3, -0.25) is 4.79 Å². The van der Waals surface area contributed by atoms with Crippen LogP contribution in [0.15, 0.2) is 0 Å². The van der Waals surface area contributed by atoms with Gasteiger partial charge in [-0.1, -0.05) is 0 Å². The lowest BCUT2D eigenvalue weighted by atomic mass is 10.2. The smallest absolute Gasteiger partial charge is 0.315 e. The van der Waals surface area contributed by atoms with Gasteiger partial charge in [0.15, 0.2) is 5.78 Å². The monoisotopic (exact) mass is 127 g/mol. The van der Waals surface area contributed by atoms with Crippen LogP contribution < -0.4 is 10.6 Å². The summed E-state index contributed by atoms with van der Waals surface area (Å²) in [7, 11) is 0. The first-order valence-electron chi connectivity index (χ1n) is 2.62. The number of hydrogen-bond acceptors (Lipinski definition) is 2. The van der Waals surface area contributed by atoms with E-state index in [-0.39, 0.29) is 11.8 Å². The van der Waals surface area contributed by atoms with Crippen molar-refractivity contribution in [3.63, 3.8) is 0 Å². The van der Waals surface area contributed by atoms with Gasteiger partial charge in [0.2, 0.25) is 0 Å².